The molecule has 82 valence electrons. The van der Waals surface area contributed by atoms with E-state index in [2.05, 4.69) is 14.7 Å². The molecule has 0 radical (unpaired) electrons. The number of nitrogens with one attached hydrogen (secondary N) is 1. The maximum absolute atomic E-state index is 11.6. The normalized spacial score (nSPS) is 10.1. The van der Waals surface area contributed by atoms with Crippen molar-refractivity contribution in [3.8, 4) is 0 Å². The maximum Gasteiger partial charge on any atom is 0.271 e. The van der Waals surface area contributed by atoms with E-state index in [1.807, 2.05) is 19.1 Å². The van der Waals surface area contributed by atoms with Gasteiger partial charge >= 0.3 is 0 Å². The lowest BCUT2D eigenvalue weighted by atomic mass is 10.2. The summed E-state index contributed by atoms with van der Waals surface area (Å²) in [6.45, 7) is 2.43. The van der Waals surface area contributed by atoms with E-state index < -0.39 is 0 Å². The third-order valence-electron chi connectivity index (χ3n) is 2.06. The predicted octanol–water partition coefficient (Wildman–Crippen LogP) is 1.78. The largest absolute Gasteiger partial charge is 0.347 e. The molecule has 0 aromatic carbocycles. The van der Waals surface area contributed by atoms with Crippen molar-refractivity contribution in [2.75, 3.05) is 0 Å². The fourth-order valence-electron chi connectivity index (χ4n) is 1.25. The summed E-state index contributed by atoms with van der Waals surface area (Å²) < 4.78 is 4.05. The Kier molecular flexibility index (Phi) is 3.26. The first-order valence-electron chi connectivity index (χ1n) is 4.86. The van der Waals surface area contributed by atoms with Crippen LogP contribution in [0.5, 0.6) is 0 Å². The minimum atomic E-state index is -0.138. The van der Waals surface area contributed by atoms with Crippen molar-refractivity contribution >= 4 is 17.4 Å². The summed E-state index contributed by atoms with van der Waals surface area (Å²) in [6.07, 6.45) is 3.41. The average molecular weight is 233 g/mol. The molecule has 2 rings (SSSR count). The minimum absolute atomic E-state index is 0.138. The number of aromatic nitrogens is 2. The van der Waals surface area contributed by atoms with E-state index in [-0.39, 0.29) is 5.91 Å². The molecule has 2 aromatic rings. The maximum atomic E-state index is 11.6. The van der Waals surface area contributed by atoms with Gasteiger partial charge in [-0.3, -0.25) is 9.78 Å². The predicted molar refractivity (Wildman–Crippen MR) is 62.3 cm³/mol. The van der Waals surface area contributed by atoms with Crippen molar-refractivity contribution in [2.24, 2.45) is 0 Å². The fourth-order valence-corrected chi connectivity index (χ4v) is 1.79. The van der Waals surface area contributed by atoms with Gasteiger partial charge in [0.1, 0.15) is 5.69 Å². The molecule has 0 saturated heterocycles. The molecule has 0 unspecified atom stereocenters. The zero-order valence-electron chi connectivity index (χ0n) is 8.80. The molecule has 16 heavy (non-hydrogen) atoms. The molecular formula is C11H11N3OS. The molecule has 0 aliphatic heterocycles. The third-order valence-corrected chi connectivity index (χ3v) is 2.76. The van der Waals surface area contributed by atoms with Gasteiger partial charge in [0, 0.05) is 23.8 Å². The van der Waals surface area contributed by atoms with Crippen LogP contribution in [-0.2, 0) is 6.54 Å². The Morgan fingerprint density at radius 1 is 1.44 bits per heavy atom. The minimum Gasteiger partial charge on any atom is -0.347 e. The topological polar surface area (TPSA) is 54.9 Å². The molecule has 2 aromatic heterocycles. The number of hydrogen-bond acceptors (Lipinski definition) is 4. The Labute approximate surface area is 97.5 Å². The van der Waals surface area contributed by atoms with Crippen LogP contribution in [0.25, 0.3) is 0 Å². The van der Waals surface area contributed by atoms with Crippen LogP contribution in [0.4, 0.5) is 0 Å². The molecule has 1 N–H and O–H groups in total. The van der Waals surface area contributed by atoms with Crippen molar-refractivity contribution in [3.05, 3.63) is 46.7 Å². The Morgan fingerprint density at radius 2 is 2.19 bits per heavy atom. The highest BCUT2D eigenvalue weighted by Gasteiger charge is 2.08. The Morgan fingerprint density at radius 3 is 2.81 bits per heavy atom. The van der Waals surface area contributed by atoms with Gasteiger partial charge in [-0.1, -0.05) is 0 Å². The molecule has 1 amide bonds. The van der Waals surface area contributed by atoms with E-state index in [1.165, 1.54) is 11.5 Å². The fraction of sp³-hybridized carbons (Fsp3) is 0.182. The van der Waals surface area contributed by atoms with E-state index in [0.29, 0.717) is 12.2 Å². The van der Waals surface area contributed by atoms with Gasteiger partial charge in [-0.15, -0.1) is 0 Å². The first-order valence-corrected chi connectivity index (χ1v) is 5.63. The molecule has 2 heterocycles. The molecule has 0 bridgehead atoms. The number of rotatable bonds is 3. The molecule has 5 heteroatoms. The SMILES string of the molecule is Cc1cc(C(=O)NCc2ccncc2)ns1. The molecule has 0 spiro atoms. The summed E-state index contributed by atoms with van der Waals surface area (Å²) in [6, 6.07) is 5.52. The Hall–Kier alpha value is -1.75. The van der Waals surface area contributed by atoms with Crippen LogP contribution >= 0.6 is 11.5 Å². The van der Waals surface area contributed by atoms with Gasteiger partial charge < -0.3 is 5.32 Å². The zero-order valence-corrected chi connectivity index (χ0v) is 9.62. The van der Waals surface area contributed by atoms with Gasteiger partial charge in [0.05, 0.1) is 0 Å². The standard InChI is InChI=1S/C11H11N3OS/c1-8-6-10(14-16-8)11(15)13-7-9-2-4-12-5-3-9/h2-6H,7H2,1H3,(H,13,15). The highest BCUT2D eigenvalue weighted by molar-refractivity contribution is 7.05. The Bertz CT molecular complexity index is 481. The second-order valence-electron chi connectivity index (χ2n) is 3.36. The highest BCUT2D eigenvalue weighted by atomic mass is 32.1. The first-order chi connectivity index (χ1) is 7.75. The van der Waals surface area contributed by atoms with E-state index >= 15 is 0 Å². The molecule has 0 saturated carbocycles. The quantitative estimate of drug-likeness (QED) is 0.879. The van der Waals surface area contributed by atoms with Gasteiger partial charge in [-0.05, 0) is 42.2 Å². The smallest absolute Gasteiger partial charge is 0.271 e. The summed E-state index contributed by atoms with van der Waals surface area (Å²) in [5.41, 5.74) is 1.51. The van der Waals surface area contributed by atoms with Crippen molar-refractivity contribution in [1.82, 2.24) is 14.7 Å². The number of nitrogens with zero attached hydrogens (tertiary/aromatic N) is 2. The van der Waals surface area contributed by atoms with E-state index in [0.717, 1.165) is 10.4 Å². The van der Waals surface area contributed by atoms with E-state index in [4.69, 9.17) is 0 Å². The second kappa shape index (κ2) is 4.85. The summed E-state index contributed by atoms with van der Waals surface area (Å²) in [5, 5.41) is 2.81. The van der Waals surface area contributed by atoms with Crippen molar-refractivity contribution in [1.29, 1.82) is 0 Å². The van der Waals surface area contributed by atoms with Crippen LogP contribution in [0.3, 0.4) is 0 Å². The first kappa shape index (κ1) is 10.8. The van der Waals surface area contributed by atoms with Crippen LogP contribution in [0.2, 0.25) is 0 Å². The Balaban J connectivity index is 1.94. The van der Waals surface area contributed by atoms with Crippen LogP contribution < -0.4 is 5.32 Å². The van der Waals surface area contributed by atoms with E-state index in [1.54, 1.807) is 18.5 Å². The molecular weight excluding hydrogens is 222 g/mol. The number of hydrogen-bond donors (Lipinski definition) is 1. The van der Waals surface area contributed by atoms with Gasteiger partial charge in [-0.25, -0.2) is 0 Å². The summed E-state index contributed by atoms with van der Waals surface area (Å²) in [5.74, 6) is -0.138. The van der Waals surface area contributed by atoms with Gasteiger partial charge in [-0.2, -0.15) is 4.37 Å². The van der Waals surface area contributed by atoms with Gasteiger partial charge in [0.25, 0.3) is 5.91 Å². The third kappa shape index (κ3) is 2.64. The lowest BCUT2D eigenvalue weighted by Crippen LogP contribution is -2.22. The van der Waals surface area contributed by atoms with E-state index in [9.17, 15) is 4.79 Å². The van der Waals surface area contributed by atoms with Crippen molar-refractivity contribution in [2.45, 2.75) is 13.5 Å². The van der Waals surface area contributed by atoms with Gasteiger partial charge in [0.15, 0.2) is 0 Å². The number of pyridine rings is 1. The molecule has 4 nitrogen and oxygen atoms in total. The number of carbonyl (C=O) groups is 1. The summed E-state index contributed by atoms with van der Waals surface area (Å²) in [7, 11) is 0. The molecule has 0 aliphatic rings. The number of amides is 1. The highest BCUT2D eigenvalue weighted by Crippen LogP contribution is 2.07. The molecule has 0 aliphatic carbocycles. The molecule has 0 fully saturated rings. The van der Waals surface area contributed by atoms with Crippen LogP contribution in [0.1, 0.15) is 20.9 Å². The zero-order chi connectivity index (χ0) is 11.4. The van der Waals surface area contributed by atoms with Crippen LogP contribution in [0.15, 0.2) is 30.6 Å². The van der Waals surface area contributed by atoms with Crippen molar-refractivity contribution < 1.29 is 4.79 Å². The molecule has 0 atom stereocenters. The van der Waals surface area contributed by atoms with Crippen LogP contribution in [-0.4, -0.2) is 15.3 Å². The van der Waals surface area contributed by atoms with Crippen LogP contribution in [0, 0.1) is 6.92 Å². The van der Waals surface area contributed by atoms with Gasteiger partial charge in [0.2, 0.25) is 0 Å². The number of aryl methyl sites for hydroxylation is 1. The number of carbonyl (C=O) groups excluding carboxylic acids is 1. The lowest BCUT2D eigenvalue weighted by molar-refractivity contribution is 0.0947. The lowest BCUT2D eigenvalue weighted by Gasteiger charge is -2.02. The average Bonchev–Trinajstić information content (AvgIpc) is 2.74. The summed E-state index contributed by atoms with van der Waals surface area (Å²) >= 11 is 1.33. The monoisotopic (exact) mass is 233 g/mol. The summed E-state index contributed by atoms with van der Waals surface area (Å²) in [4.78, 5) is 16.6. The second-order valence-corrected chi connectivity index (χ2v) is 4.37. The van der Waals surface area contributed by atoms with Crippen molar-refractivity contribution in [3.63, 3.8) is 0 Å².